The van der Waals surface area contributed by atoms with Gasteiger partial charge < -0.3 is 4.57 Å². The summed E-state index contributed by atoms with van der Waals surface area (Å²) in [5.41, 5.74) is 3.01. The van der Waals surface area contributed by atoms with Crippen LogP contribution in [0.15, 0.2) is 37.2 Å². The number of hydrogen-bond acceptors (Lipinski definition) is 4. The fourth-order valence-corrected chi connectivity index (χ4v) is 2.11. The van der Waals surface area contributed by atoms with Gasteiger partial charge in [0.15, 0.2) is 0 Å². The minimum atomic E-state index is 0.200. The average Bonchev–Trinajstić information content (AvgIpc) is 2.76. The first-order valence-corrected chi connectivity index (χ1v) is 6.06. The second-order valence-corrected chi connectivity index (χ2v) is 4.49. The summed E-state index contributed by atoms with van der Waals surface area (Å²) in [5, 5.41) is 0. The van der Waals surface area contributed by atoms with Crippen molar-refractivity contribution in [1.29, 1.82) is 0 Å². The molecule has 0 amide bonds. The van der Waals surface area contributed by atoms with E-state index < -0.39 is 0 Å². The lowest BCUT2D eigenvalue weighted by molar-refractivity contribution is 0.0331. The van der Waals surface area contributed by atoms with Crippen molar-refractivity contribution in [3.63, 3.8) is 0 Å². The number of rotatable bonds is 5. The van der Waals surface area contributed by atoms with E-state index in [2.05, 4.69) is 41.1 Å². The van der Waals surface area contributed by atoms with E-state index in [0.717, 1.165) is 12.4 Å². The third-order valence-electron chi connectivity index (χ3n) is 3.04. The van der Waals surface area contributed by atoms with Crippen LogP contribution in [0.25, 0.3) is 0 Å². The van der Waals surface area contributed by atoms with Crippen molar-refractivity contribution in [2.75, 3.05) is 20.2 Å². The van der Waals surface area contributed by atoms with E-state index in [9.17, 15) is 0 Å². The van der Waals surface area contributed by atoms with Crippen LogP contribution in [0.4, 0.5) is 0 Å². The van der Waals surface area contributed by atoms with E-state index in [-0.39, 0.29) is 12.1 Å². The summed E-state index contributed by atoms with van der Waals surface area (Å²) in [6.45, 7) is 5.00. The first-order valence-electron chi connectivity index (χ1n) is 6.06. The number of hydroxylamine groups is 1. The highest BCUT2D eigenvalue weighted by Crippen LogP contribution is 2.22. The van der Waals surface area contributed by atoms with E-state index in [1.807, 2.05) is 24.0 Å². The third-order valence-corrected chi connectivity index (χ3v) is 3.04. The summed E-state index contributed by atoms with van der Waals surface area (Å²) in [7, 11) is 4.10. The number of likely N-dealkylation sites (N-methyl/N-ethyl adjacent to an activating group) is 1. The summed E-state index contributed by atoms with van der Waals surface area (Å²) in [5.74, 6) is 1.05. The Labute approximate surface area is 108 Å². The van der Waals surface area contributed by atoms with Crippen molar-refractivity contribution < 1.29 is 4.84 Å². The lowest BCUT2D eigenvalue weighted by atomic mass is 10.1. The Kier molecular flexibility index (Phi) is 4.30. The zero-order valence-corrected chi connectivity index (χ0v) is 10.9. The van der Waals surface area contributed by atoms with Crippen LogP contribution < -0.4 is 5.48 Å². The van der Waals surface area contributed by atoms with E-state index in [0.29, 0.717) is 6.61 Å². The van der Waals surface area contributed by atoms with Crippen LogP contribution in [-0.2, 0) is 11.9 Å². The summed E-state index contributed by atoms with van der Waals surface area (Å²) in [6.07, 6.45) is 9.80. The lowest BCUT2D eigenvalue weighted by Crippen LogP contribution is -2.43. The number of nitrogens with one attached hydrogen (secondary N) is 1. The quantitative estimate of drug-likeness (QED) is 0.480. The molecule has 0 saturated heterocycles. The van der Waals surface area contributed by atoms with Gasteiger partial charge in [0.1, 0.15) is 5.82 Å². The van der Waals surface area contributed by atoms with Gasteiger partial charge in [-0.25, -0.2) is 4.98 Å². The molecule has 1 aliphatic heterocycles. The van der Waals surface area contributed by atoms with Gasteiger partial charge in [-0.1, -0.05) is 18.2 Å². The molecule has 18 heavy (non-hydrogen) atoms. The van der Waals surface area contributed by atoms with Gasteiger partial charge >= 0.3 is 0 Å². The van der Waals surface area contributed by atoms with Crippen molar-refractivity contribution in [2.24, 2.45) is 7.05 Å². The molecule has 0 bridgehead atoms. The highest BCUT2D eigenvalue weighted by Gasteiger charge is 2.24. The molecule has 0 aliphatic carbocycles. The molecule has 2 rings (SSSR count). The zero-order chi connectivity index (χ0) is 13.0. The van der Waals surface area contributed by atoms with Gasteiger partial charge in [0.05, 0.1) is 18.7 Å². The van der Waals surface area contributed by atoms with Gasteiger partial charge in [-0.15, -0.1) is 6.58 Å². The Morgan fingerprint density at radius 2 is 2.39 bits per heavy atom. The van der Waals surface area contributed by atoms with Crippen LogP contribution >= 0.6 is 0 Å². The molecule has 1 N–H and O–H groups in total. The average molecular weight is 248 g/mol. The van der Waals surface area contributed by atoms with Crippen molar-refractivity contribution in [3.05, 3.63) is 43.0 Å². The highest BCUT2D eigenvalue weighted by atomic mass is 16.6. The van der Waals surface area contributed by atoms with Crippen LogP contribution in [0, 0.1) is 0 Å². The zero-order valence-electron chi connectivity index (χ0n) is 10.9. The van der Waals surface area contributed by atoms with E-state index in [4.69, 9.17) is 4.84 Å². The number of aryl methyl sites for hydroxylation is 1. The first-order chi connectivity index (χ1) is 8.72. The second-order valence-electron chi connectivity index (χ2n) is 4.49. The van der Waals surface area contributed by atoms with Gasteiger partial charge in [-0.2, -0.15) is 5.48 Å². The summed E-state index contributed by atoms with van der Waals surface area (Å²) < 4.78 is 2.05. The molecule has 1 aliphatic rings. The van der Waals surface area contributed by atoms with E-state index >= 15 is 0 Å². The van der Waals surface area contributed by atoms with Crippen molar-refractivity contribution in [2.45, 2.75) is 12.1 Å². The molecule has 5 heteroatoms. The third kappa shape index (κ3) is 2.87. The van der Waals surface area contributed by atoms with Gasteiger partial charge in [0.2, 0.25) is 0 Å². The first kappa shape index (κ1) is 13.0. The monoisotopic (exact) mass is 248 g/mol. The van der Waals surface area contributed by atoms with E-state index in [1.165, 1.54) is 0 Å². The Bertz CT molecular complexity index is 426. The van der Waals surface area contributed by atoms with Gasteiger partial charge in [-0.05, 0) is 7.05 Å². The Hall–Kier alpha value is -1.43. The molecular formula is C13H20N4O. The summed E-state index contributed by atoms with van der Waals surface area (Å²) in [4.78, 5) is 11.9. The standard InChI is InChI=1S/C13H20N4O/c1-4-9-18-15-11-5-6-12(17(3)10-11)13-14-7-8-16(13)2/h4-8,11-12,15H,1,9-10H2,2-3H3. The molecule has 1 aromatic heterocycles. The molecule has 2 heterocycles. The molecule has 0 saturated carbocycles. The maximum absolute atomic E-state index is 5.25. The predicted octanol–water partition coefficient (Wildman–Crippen LogP) is 1.04. The molecule has 1 aromatic rings. The van der Waals surface area contributed by atoms with Crippen molar-refractivity contribution in [3.8, 4) is 0 Å². The van der Waals surface area contributed by atoms with E-state index in [1.54, 1.807) is 6.08 Å². The van der Waals surface area contributed by atoms with Gasteiger partial charge in [0, 0.05) is 26.0 Å². The largest absolute Gasteiger partial charge is 0.336 e. The Balaban J connectivity index is 1.99. The maximum atomic E-state index is 5.25. The lowest BCUT2D eigenvalue weighted by Gasteiger charge is -2.32. The molecule has 0 aromatic carbocycles. The molecule has 2 unspecified atom stereocenters. The minimum absolute atomic E-state index is 0.200. The molecule has 2 atom stereocenters. The fraction of sp³-hybridized carbons (Fsp3) is 0.462. The fourth-order valence-electron chi connectivity index (χ4n) is 2.11. The summed E-state index contributed by atoms with van der Waals surface area (Å²) >= 11 is 0. The molecule has 0 spiro atoms. The van der Waals surface area contributed by atoms with Crippen LogP contribution in [0.3, 0.4) is 0 Å². The molecule has 98 valence electrons. The predicted molar refractivity (Wildman–Crippen MR) is 70.8 cm³/mol. The molecule has 5 nitrogen and oxygen atoms in total. The second kappa shape index (κ2) is 5.95. The number of hydrogen-bond donors (Lipinski definition) is 1. The van der Waals surface area contributed by atoms with Gasteiger partial charge in [-0.3, -0.25) is 9.74 Å². The molecule has 0 fully saturated rings. The summed E-state index contributed by atoms with van der Waals surface area (Å²) in [6, 6.07) is 0.425. The highest BCUT2D eigenvalue weighted by molar-refractivity contribution is 5.14. The molecule has 0 radical (unpaired) electrons. The Morgan fingerprint density at radius 3 is 3.00 bits per heavy atom. The van der Waals surface area contributed by atoms with Crippen molar-refractivity contribution >= 4 is 0 Å². The normalized spacial score (nSPS) is 24.3. The molecular weight excluding hydrogens is 228 g/mol. The van der Waals surface area contributed by atoms with Crippen LogP contribution in [0.2, 0.25) is 0 Å². The number of nitrogens with zero attached hydrogens (tertiary/aromatic N) is 3. The van der Waals surface area contributed by atoms with Crippen LogP contribution in [-0.4, -0.2) is 40.7 Å². The SMILES string of the molecule is C=CCONC1C=CC(c2nccn2C)N(C)C1. The maximum Gasteiger partial charge on any atom is 0.129 e. The number of imidazole rings is 1. The minimum Gasteiger partial charge on any atom is -0.336 e. The van der Waals surface area contributed by atoms with Crippen LogP contribution in [0.5, 0.6) is 0 Å². The number of aromatic nitrogens is 2. The van der Waals surface area contributed by atoms with Crippen molar-refractivity contribution in [1.82, 2.24) is 19.9 Å². The smallest absolute Gasteiger partial charge is 0.129 e. The topological polar surface area (TPSA) is 42.3 Å². The van der Waals surface area contributed by atoms with Crippen LogP contribution in [0.1, 0.15) is 11.9 Å². The van der Waals surface area contributed by atoms with Gasteiger partial charge in [0.25, 0.3) is 0 Å². The Morgan fingerprint density at radius 1 is 1.56 bits per heavy atom.